The summed E-state index contributed by atoms with van der Waals surface area (Å²) in [6, 6.07) is 4.16. The number of anilines is 2. The van der Waals surface area contributed by atoms with E-state index in [0.717, 1.165) is 17.9 Å². The van der Waals surface area contributed by atoms with Crippen LogP contribution in [-0.4, -0.2) is 17.0 Å². The second kappa shape index (κ2) is 4.49. The quantitative estimate of drug-likeness (QED) is 0.883. The van der Waals surface area contributed by atoms with Gasteiger partial charge in [-0.25, -0.2) is 9.97 Å². The third-order valence-electron chi connectivity index (χ3n) is 2.43. The van der Waals surface area contributed by atoms with Crippen LogP contribution in [0.15, 0.2) is 23.8 Å². The highest BCUT2D eigenvalue weighted by Gasteiger charge is 2.09. The van der Waals surface area contributed by atoms with Crippen molar-refractivity contribution in [2.24, 2.45) is 0 Å². The fourth-order valence-corrected chi connectivity index (χ4v) is 2.31. The number of hydrogen-bond acceptors (Lipinski definition) is 5. The molecule has 2 aromatic heterocycles. The molecule has 0 spiro atoms. The van der Waals surface area contributed by atoms with Gasteiger partial charge < -0.3 is 10.6 Å². The summed E-state index contributed by atoms with van der Waals surface area (Å²) in [6.45, 7) is 2.78. The molecule has 0 radical (unpaired) electrons. The van der Waals surface area contributed by atoms with Crippen LogP contribution in [0.25, 0.3) is 0 Å². The van der Waals surface area contributed by atoms with Crippen LogP contribution in [0.1, 0.15) is 10.4 Å². The Kier molecular flexibility index (Phi) is 3.05. The summed E-state index contributed by atoms with van der Waals surface area (Å²) in [7, 11) is 2.01. The average Bonchev–Trinajstić information content (AvgIpc) is 2.74. The molecule has 0 amide bonds. The van der Waals surface area contributed by atoms with Crippen molar-refractivity contribution < 1.29 is 0 Å². The van der Waals surface area contributed by atoms with Gasteiger partial charge in [0, 0.05) is 17.5 Å². The summed E-state index contributed by atoms with van der Waals surface area (Å²) < 4.78 is 0. The number of aromatic nitrogens is 2. The molecule has 0 saturated heterocycles. The van der Waals surface area contributed by atoms with E-state index in [1.54, 1.807) is 11.3 Å². The third kappa shape index (κ3) is 2.14. The zero-order chi connectivity index (χ0) is 11.5. The minimum Gasteiger partial charge on any atom is -0.383 e. The Balaban J connectivity index is 2.21. The fourth-order valence-electron chi connectivity index (χ4n) is 1.55. The Morgan fingerprint density at radius 2 is 2.25 bits per heavy atom. The van der Waals surface area contributed by atoms with Crippen molar-refractivity contribution in [3.8, 4) is 0 Å². The Morgan fingerprint density at radius 3 is 2.94 bits per heavy atom. The summed E-state index contributed by atoms with van der Waals surface area (Å²) >= 11 is 1.74. The normalized spacial score (nSPS) is 10.4. The lowest BCUT2D eigenvalue weighted by Gasteiger charge is -2.19. The smallest absolute Gasteiger partial charge is 0.137 e. The van der Waals surface area contributed by atoms with Crippen molar-refractivity contribution in [2.75, 3.05) is 17.7 Å². The second-order valence-corrected chi connectivity index (χ2v) is 4.68. The lowest BCUT2D eigenvalue weighted by Crippen LogP contribution is -2.19. The van der Waals surface area contributed by atoms with Crippen molar-refractivity contribution in [1.29, 1.82) is 0 Å². The van der Waals surface area contributed by atoms with Gasteiger partial charge in [0.15, 0.2) is 0 Å². The molecule has 0 aliphatic rings. The number of hydrogen-bond donors (Lipinski definition) is 1. The number of nitrogens with two attached hydrogens (primary N) is 1. The minimum absolute atomic E-state index is 0.544. The number of rotatable bonds is 3. The van der Waals surface area contributed by atoms with Gasteiger partial charge in [0.2, 0.25) is 0 Å². The molecule has 5 heteroatoms. The van der Waals surface area contributed by atoms with E-state index in [1.807, 2.05) is 14.0 Å². The molecule has 0 aromatic carbocycles. The van der Waals surface area contributed by atoms with Gasteiger partial charge in [0.05, 0.1) is 6.54 Å². The first-order valence-electron chi connectivity index (χ1n) is 4.99. The van der Waals surface area contributed by atoms with E-state index in [-0.39, 0.29) is 0 Å². The largest absolute Gasteiger partial charge is 0.383 e. The van der Waals surface area contributed by atoms with E-state index in [4.69, 9.17) is 5.73 Å². The molecule has 84 valence electrons. The van der Waals surface area contributed by atoms with Crippen LogP contribution < -0.4 is 10.6 Å². The van der Waals surface area contributed by atoms with Crippen LogP contribution in [-0.2, 0) is 6.54 Å². The zero-order valence-corrected chi connectivity index (χ0v) is 10.2. The molecule has 2 aromatic rings. The Hall–Kier alpha value is -1.62. The highest BCUT2D eigenvalue weighted by Crippen LogP contribution is 2.21. The topological polar surface area (TPSA) is 55.0 Å². The van der Waals surface area contributed by atoms with E-state index in [9.17, 15) is 0 Å². The monoisotopic (exact) mass is 234 g/mol. The highest BCUT2D eigenvalue weighted by molar-refractivity contribution is 7.09. The fraction of sp³-hybridized carbons (Fsp3) is 0.273. The van der Waals surface area contributed by atoms with Gasteiger partial charge in [0.25, 0.3) is 0 Å². The van der Waals surface area contributed by atoms with Gasteiger partial charge >= 0.3 is 0 Å². The Bertz CT molecular complexity index is 467. The first-order valence-corrected chi connectivity index (χ1v) is 5.87. The van der Waals surface area contributed by atoms with Crippen LogP contribution in [0.5, 0.6) is 0 Å². The molecule has 2 N–H and O–H groups in total. The van der Waals surface area contributed by atoms with Crippen LogP contribution in [0.2, 0.25) is 0 Å². The SMILES string of the molecule is Cc1c(N)ncnc1N(C)Cc1cccs1. The molecule has 0 fully saturated rings. The lowest BCUT2D eigenvalue weighted by atomic mass is 10.3. The predicted octanol–water partition coefficient (Wildman–Crippen LogP) is 2.07. The first kappa shape index (κ1) is 10.9. The van der Waals surface area contributed by atoms with Crippen molar-refractivity contribution in [3.05, 3.63) is 34.3 Å². The predicted molar refractivity (Wildman–Crippen MR) is 67.6 cm³/mol. The zero-order valence-electron chi connectivity index (χ0n) is 9.34. The lowest BCUT2D eigenvalue weighted by molar-refractivity contribution is 0.896. The van der Waals surface area contributed by atoms with E-state index < -0.39 is 0 Å². The van der Waals surface area contributed by atoms with Crippen LogP contribution in [0.4, 0.5) is 11.6 Å². The standard InChI is InChI=1S/C11H14N4S/c1-8-10(12)13-7-14-11(8)15(2)6-9-4-3-5-16-9/h3-5,7H,6H2,1-2H3,(H2,12,13,14). The molecule has 4 nitrogen and oxygen atoms in total. The molecular formula is C11H14N4S. The summed E-state index contributed by atoms with van der Waals surface area (Å²) in [5, 5.41) is 2.07. The van der Waals surface area contributed by atoms with Crippen molar-refractivity contribution in [3.63, 3.8) is 0 Å². The molecule has 0 saturated carbocycles. The van der Waals surface area contributed by atoms with E-state index in [2.05, 4.69) is 32.4 Å². The Morgan fingerprint density at radius 1 is 1.44 bits per heavy atom. The third-order valence-corrected chi connectivity index (χ3v) is 3.29. The molecule has 0 aliphatic heterocycles. The van der Waals surface area contributed by atoms with Crippen molar-refractivity contribution in [1.82, 2.24) is 9.97 Å². The van der Waals surface area contributed by atoms with E-state index in [0.29, 0.717) is 5.82 Å². The average molecular weight is 234 g/mol. The highest BCUT2D eigenvalue weighted by atomic mass is 32.1. The minimum atomic E-state index is 0.544. The van der Waals surface area contributed by atoms with Gasteiger partial charge in [0.1, 0.15) is 18.0 Å². The molecular weight excluding hydrogens is 220 g/mol. The molecule has 2 rings (SSSR count). The second-order valence-electron chi connectivity index (χ2n) is 3.64. The van der Waals surface area contributed by atoms with E-state index >= 15 is 0 Å². The number of nitrogen functional groups attached to an aromatic ring is 1. The molecule has 0 aliphatic carbocycles. The molecule has 2 heterocycles. The number of nitrogens with zero attached hydrogens (tertiary/aromatic N) is 3. The molecule has 0 bridgehead atoms. The summed E-state index contributed by atoms with van der Waals surface area (Å²) in [5.41, 5.74) is 6.69. The maximum absolute atomic E-state index is 5.76. The summed E-state index contributed by atoms with van der Waals surface area (Å²) in [5.74, 6) is 1.43. The molecule has 0 atom stereocenters. The van der Waals surface area contributed by atoms with Gasteiger partial charge in [-0.3, -0.25) is 0 Å². The van der Waals surface area contributed by atoms with Gasteiger partial charge in [-0.2, -0.15) is 0 Å². The van der Waals surface area contributed by atoms with Crippen LogP contribution in [0, 0.1) is 6.92 Å². The Labute approximate surface area is 98.8 Å². The summed E-state index contributed by atoms with van der Waals surface area (Å²) in [4.78, 5) is 11.6. The van der Waals surface area contributed by atoms with Crippen molar-refractivity contribution >= 4 is 23.0 Å². The van der Waals surface area contributed by atoms with E-state index in [1.165, 1.54) is 11.2 Å². The van der Waals surface area contributed by atoms with Gasteiger partial charge in [-0.05, 0) is 18.4 Å². The maximum Gasteiger partial charge on any atom is 0.137 e. The maximum atomic E-state index is 5.76. The van der Waals surface area contributed by atoms with Crippen LogP contribution >= 0.6 is 11.3 Å². The molecule has 0 unspecified atom stereocenters. The molecule has 16 heavy (non-hydrogen) atoms. The van der Waals surface area contributed by atoms with Gasteiger partial charge in [-0.15, -0.1) is 11.3 Å². The first-order chi connectivity index (χ1) is 7.68. The van der Waals surface area contributed by atoms with Crippen LogP contribution in [0.3, 0.4) is 0 Å². The van der Waals surface area contributed by atoms with Crippen molar-refractivity contribution in [2.45, 2.75) is 13.5 Å². The van der Waals surface area contributed by atoms with Gasteiger partial charge in [-0.1, -0.05) is 6.07 Å². The summed E-state index contributed by atoms with van der Waals surface area (Å²) in [6.07, 6.45) is 1.50. The number of thiophene rings is 1.